The normalized spacial score (nSPS) is 10.7. The number of fused-ring (bicyclic) bond motifs is 1. The Morgan fingerprint density at radius 3 is 2.67 bits per heavy atom. The molecule has 4 nitrogen and oxygen atoms in total. The molecule has 27 heavy (non-hydrogen) atoms. The first-order valence-corrected chi connectivity index (χ1v) is 8.42. The average molecular weight is 357 g/mol. The highest BCUT2D eigenvalue weighted by molar-refractivity contribution is 6.13. The Kier molecular flexibility index (Phi) is 4.26. The smallest absolute Gasteiger partial charge is 0.256 e. The number of carbonyl (C=O) groups excluding carboxylic acids is 1. The van der Waals surface area contributed by atoms with Crippen LogP contribution in [0.3, 0.4) is 0 Å². The van der Waals surface area contributed by atoms with Crippen molar-refractivity contribution < 1.29 is 9.18 Å². The fourth-order valence-electron chi connectivity index (χ4n) is 3.05. The number of rotatable bonds is 3. The van der Waals surface area contributed by atoms with Gasteiger partial charge in [0.15, 0.2) is 0 Å². The molecular weight excluding hydrogens is 341 g/mol. The van der Waals surface area contributed by atoms with E-state index in [4.69, 9.17) is 5.73 Å². The van der Waals surface area contributed by atoms with Crippen molar-refractivity contribution in [3.05, 3.63) is 90.4 Å². The van der Waals surface area contributed by atoms with Crippen LogP contribution in [0.5, 0.6) is 0 Å². The van der Waals surface area contributed by atoms with Crippen LogP contribution in [0.1, 0.15) is 10.4 Å². The molecule has 0 fully saturated rings. The third kappa shape index (κ3) is 3.35. The summed E-state index contributed by atoms with van der Waals surface area (Å²) < 4.78 is 13.8. The quantitative estimate of drug-likeness (QED) is 0.514. The summed E-state index contributed by atoms with van der Waals surface area (Å²) in [5.41, 5.74) is 9.45. The van der Waals surface area contributed by atoms with Crippen LogP contribution in [0.4, 0.5) is 15.8 Å². The predicted octanol–water partition coefficient (Wildman–Crippen LogP) is 4.88. The third-order valence-electron chi connectivity index (χ3n) is 4.32. The molecule has 0 aliphatic carbocycles. The van der Waals surface area contributed by atoms with Crippen LogP contribution in [0, 0.1) is 5.82 Å². The number of hydrogen-bond donors (Lipinski definition) is 2. The van der Waals surface area contributed by atoms with Gasteiger partial charge in [0.25, 0.3) is 5.91 Å². The lowest BCUT2D eigenvalue weighted by atomic mass is 10.0. The van der Waals surface area contributed by atoms with Crippen molar-refractivity contribution >= 4 is 28.2 Å². The lowest BCUT2D eigenvalue weighted by Crippen LogP contribution is -2.13. The van der Waals surface area contributed by atoms with Gasteiger partial charge < -0.3 is 11.1 Å². The fourth-order valence-corrected chi connectivity index (χ4v) is 3.05. The standard InChI is InChI=1S/C22H16FN3O/c23-15-8-9-21(19(13-15)14-4-3-5-16(24)12-14)26-22(27)18-10-11-25-20-7-2-1-6-17(18)20/h1-13H,24H2,(H,26,27). The Labute approximate surface area is 155 Å². The maximum atomic E-state index is 13.8. The maximum absolute atomic E-state index is 13.8. The highest BCUT2D eigenvalue weighted by Gasteiger charge is 2.14. The lowest BCUT2D eigenvalue weighted by molar-refractivity contribution is 0.102. The van der Waals surface area contributed by atoms with Crippen LogP contribution in [-0.4, -0.2) is 10.9 Å². The molecule has 0 bridgehead atoms. The van der Waals surface area contributed by atoms with Gasteiger partial charge in [0.1, 0.15) is 5.82 Å². The molecule has 0 aliphatic rings. The molecule has 0 unspecified atom stereocenters. The van der Waals surface area contributed by atoms with Gasteiger partial charge >= 0.3 is 0 Å². The second-order valence-electron chi connectivity index (χ2n) is 6.15. The summed E-state index contributed by atoms with van der Waals surface area (Å²) in [5.74, 6) is -0.676. The molecule has 5 heteroatoms. The number of carbonyl (C=O) groups is 1. The van der Waals surface area contributed by atoms with Gasteiger partial charge in [-0.05, 0) is 48.0 Å². The van der Waals surface area contributed by atoms with Gasteiger partial charge in [-0.3, -0.25) is 9.78 Å². The van der Waals surface area contributed by atoms with Gasteiger partial charge in [-0.15, -0.1) is 0 Å². The number of aromatic nitrogens is 1. The SMILES string of the molecule is Nc1cccc(-c2cc(F)ccc2NC(=O)c2ccnc3ccccc23)c1. The van der Waals surface area contributed by atoms with Crippen molar-refractivity contribution in [2.75, 3.05) is 11.1 Å². The minimum atomic E-state index is -0.389. The van der Waals surface area contributed by atoms with Gasteiger partial charge in [0.2, 0.25) is 0 Å². The molecular formula is C22H16FN3O. The zero-order chi connectivity index (χ0) is 18.8. The molecule has 0 radical (unpaired) electrons. The first-order chi connectivity index (χ1) is 13.1. The number of nitrogens with one attached hydrogen (secondary N) is 1. The Morgan fingerprint density at radius 2 is 1.81 bits per heavy atom. The van der Waals surface area contributed by atoms with Crippen LogP contribution in [-0.2, 0) is 0 Å². The molecule has 0 aliphatic heterocycles. The highest BCUT2D eigenvalue weighted by atomic mass is 19.1. The molecule has 132 valence electrons. The largest absolute Gasteiger partial charge is 0.399 e. The van der Waals surface area contributed by atoms with E-state index in [0.717, 1.165) is 16.5 Å². The number of anilines is 2. The molecule has 1 aromatic heterocycles. The van der Waals surface area contributed by atoms with Crippen LogP contribution < -0.4 is 11.1 Å². The van der Waals surface area contributed by atoms with Crippen LogP contribution in [0.2, 0.25) is 0 Å². The van der Waals surface area contributed by atoms with E-state index in [-0.39, 0.29) is 11.7 Å². The van der Waals surface area contributed by atoms with E-state index in [1.54, 1.807) is 36.5 Å². The number of hydrogen-bond acceptors (Lipinski definition) is 3. The van der Waals surface area contributed by atoms with Crippen molar-refractivity contribution in [2.24, 2.45) is 0 Å². The maximum Gasteiger partial charge on any atom is 0.256 e. The topological polar surface area (TPSA) is 68.0 Å². The Balaban J connectivity index is 1.75. The number of benzene rings is 3. The molecule has 0 atom stereocenters. The van der Waals surface area contributed by atoms with E-state index in [1.165, 1.54) is 12.1 Å². The Bertz CT molecular complexity index is 1150. The third-order valence-corrected chi connectivity index (χ3v) is 4.32. The Morgan fingerprint density at radius 1 is 0.963 bits per heavy atom. The second kappa shape index (κ2) is 6.88. The fraction of sp³-hybridized carbons (Fsp3) is 0. The minimum Gasteiger partial charge on any atom is -0.399 e. The van der Waals surface area contributed by atoms with Gasteiger partial charge in [0, 0.05) is 28.5 Å². The number of pyridine rings is 1. The number of nitrogens with zero attached hydrogens (tertiary/aromatic N) is 1. The number of amides is 1. The Hall–Kier alpha value is -3.73. The zero-order valence-electron chi connectivity index (χ0n) is 14.3. The molecule has 4 aromatic rings. The second-order valence-corrected chi connectivity index (χ2v) is 6.15. The molecule has 1 amide bonds. The van der Waals surface area contributed by atoms with Crippen molar-refractivity contribution in [2.45, 2.75) is 0 Å². The van der Waals surface area contributed by atoms with E-state index in [9.17, 15) is 9.18 Å². The van der Waals surface area contributed by atoms with Gasteiger partial charge in [-0.25, -0.2) is 4.39 Å². The summed E-state index contributed by atoms with van der Waals surface area (Å²) in [6.45, 7) is 0. The van der Waals surface area contributed by atoms with E-state index in [1.807, 2.05) is 30.3 Å². The summed E-state index contributed by atoms with van der Waals surface area (Å²) >= 11 is 0. The van der Waals surface area contributed by atoms with Crippen molar-refractivity contribution in [1.29, 1.82) is 0 Å². The highest BCUT2D eigenvalue weighted by Crippen LogP contribution is 2.31. The molecule has 0 saturated carbocycles. The first kappa shape index (κ1) is 16.7. The number of halogens is 1. The lowest BCUT2D eigenvalue weighted by Gasteiger charge is -2.13. The zero-order valence-corrected chi connectivity index (χ0v) is 14.3. The summed E-state index contributed by atoms with van der Waals surface area (Å²) in [4.78, 5) is 17.2. The van der Waals surface area contributed by atoms with Crippen molar-refractivity contribution in [3.63, 3.8) is 0 Å². The molecule has 0 spiro atoms. The number of nitrogens with two attached hydrogens (primary N) is 1. The monoisotopic (exact) mass is 357 g/mol. The summed E-state index contributed by atoms with van der Waals surface area (Å²) in [5, 5.41) is 3.64. The summed E-state index contributed by atoms with van der Waals surface area (Å²) in [7, 11) is 0. The molecule has 1 heterocycles. The minimum absolute atomic E-state index is 0.287. The van der Waals surface area contributed by atoms with Crippen LogP contribution in [0.15, 0.2) is 79.0 Å². The van der Waals surface area contributed by atoms with E-state index >= 15 is 0 Å². The van der Waals surface area contributed by atoms with Gasteiger partial charge in [0.05, 0.1) is 11.1 Å². The van der Waals surface area contributed by atoms with Crippen molar-refractivity contribution in [3.8, 4) is 11.1 Å². The van der Waals surface area contributed by atoms with Gasteiger partial charge in [-0.2, -0.15) is 0 Å². The molecule has 3 N–H and O–H groups in total. The van der Waals surface area contributed by atoms with Gasteiger partial charge in [-0.1, -0.05) is 30.3 Å². The van der Waals surface area contributed by atoms with E-state index in [2.05, 4.69) is 10.3 Å². The molecule has 4 rings (SSSR count). The van der Waals surface area contributed by atoms with E-state index < -0.39 is 0 Å². The summed E-state index contributed by atoms with van der Waals surface area (Å²) in [6, 6.07) is 20.5. The van der Waals surface area contributed by atoms with Crippen LogP contribution >= 0.6 is 0 Å². The average Bonchev–Trinajstić information content (AvgIpc) is 2.69. The van der Waals surface area contributed by atoms with Crippen molar-refractivity contribution in [1.82, 2.24) is 4.98 Å². The number of para-hydroxylation sites is 1. The number of nitrogen functional groups attached to an aromatic ring is 1. The summed E-state index contributed by atoms with van der Waals surface area (Å²) in [6.07, 6.45) is 1.60. The predicted molar refractivity (Wildman–Crippen MR) is 106 cm³/mol. The molecule has 3 aromatic carbocycles. The first-order valence-electron chi connectivity index (χ1n) is 8.42. The molecule has 0 saturated heterocycles. The van der Waals surface area contributed by atoms with E-state index in [0.29, 0.717) is 22.5 Å². The van der Waals surface area contributed by atoms with Crippen LogP contribution in [0.25, 0.3) is 22.0 Å².